The van der Waals surface area contributed by atoms with Crippen LogP contribution in [0, 0.1) is 0 Å². The molecule has 3 heterocycles. The van der Waals surface area contributed by atoms with E-state index >= 15 is 0 Å². The molecule has 26 heavy (non-hydrogen) atoms. The summed E-state index contributed by atoms with van der Waals surface area (Å²) in [6.45, 7) is 5.74. The van der Waals surface area contributed by atoms with E-state index in [-0.39, 0.29) is 6.04 Å². The minimum Gasteiger partial charge on any atom is -0.343 e. The van der Waals surface area contributed by atoms with Crippen molar-refractivity contribution in [3.05, 3.63) is 56.7 Å². The van der Waals surface area contributed by atoms with Crippen LogP contribution >= 0.6 is 0 Å². The summed E-state index contributed by atoms with van der Waals surface area (Å²) in [5.41, 5.74) is 1.11. The smallest absolute Gasteiger partial charge is 0.329 e. The summed E-state index contributed by atoms with van der Waals surface area (Å²) in [7, 11) is 1.64. The zero-order valence-corrected chi connectivity index (χ0v) is 15.0. The van der Waals surface area contributed by atoms with Crippen molar-refractivity contribution in [1.29, 1.82) is 0 Å². The van der Waals surface area contributed by atoms with E-state index in [0.717, 1.165) is 37.7 Å². The van der Waals surface area contributed by atoms with Crippen LogP contribution < -0.4 is 21.5 Å². The highest BCUT2D eigenvalue weighted by Gasteiger charge is 2.26. The topological polar surface area (TPSA) is 92.5 Å². The van der Waals surface area contributed by atoms with Crippen molar-refractivity contribution < 1.29 is 5.32 Å². The Labute approximate surface area is 150 Å². The van der Waals surface area contributed by atoms with E-state index in [2.05, 4.69) is 22.1 Å². The molecule has 2 aromatic heterocycles. The minimum absolute atomic E-state index is 0.0827. The lowest BCUT2D eigenvalue weighted by atomic mass is 10.1. The zero-order chi connectivity index (χ0) is 18.3. The van der Waals surface area contributed by atoms with Gasteiger partial charge in [0.25, 0.3) is 5.56 Å². The molecule has 0 unspecified atom stereocenters. The molecule has 0 bridgehead atoms. The molecule has 0 saturated carbocycles. The van der Waals surface area contributed by atoms with Crippen molar-refractivity contribution in [2.45, 2.75) is 13.0 Å². The molecule has 0 radical (unpaired) electrons. The van der Waals surface area contributed by atoms with Crippen LogP contribution in [-0.4, -0.2) is 45.3 Å². The second-order valence-electron chi connectivity index (χ2n) is 6.71. The Morgan fingerprint density at radius 3 is 2.54 bits per heavy atom. The molecule has 1 fully saturated rings. The molecule has 0 aliphatic carbocycles. The van der Waals surface area contributed by atoms with Gasteiger partial charge in [-0.2, -0.15) is 4.98 Å². The molecule has 1 aliphatic heterocycles. The lowest BCUT2D eigenvalue weighted by molar-refractivity contribution is -0.655. The van der Waals surface area contributed by atoms with Crippen LogP contribution in [0.25, 0.3) is 11.2 Å². The average Bonchev–Trinajstić information content (AvgIpc) is 3.08. The number of piperazine rings is 1. The minimum atomic E-state index is -0.446. The molecule has 0 amide bonds. The molecule has 1 aliphatic rings. The predicted molar refractivity (Wildman–Crippen MR) is 99.7 cm³/mol. The summed E-state index contributed by atoms with van der Waals surface area (Å²) in [5.74, 6) is 0.746. The van der Waals surface area contributed by atoms with Gasteiger partial charge in [-0.05, 0) is 12.5 Å². The first-order valence-electron chi connectivity index (χ1n) is 8.90. The third-order valence-electron chi connectivity index (χ3n) is 5.09. The Kier molecular flexibility index (Phi) is 4.12. The molecular weight excluding hydrogens is 332 g/mol. The second-order valence-corrected chi connectivity index (χ2v) is 6.71. The highest BCUT2D eigenvalue weighted by Crippen LogP contribution is 2.28. The maximum Gasteiger partial charge on any atom is 0.329 e. The maximum atomic E-state index is 12.7. The Morgan fingerprint density at radius 2 is 1.85 bits per heavy atom. The standard InChI is InChI=1S/C18H22N6O2/c1-12(13-6-4-3-5-7-13)24-14-15(22(2)18(26)21-16(14)25)20-17(24)23-10-8-19-9-11-23/h3-7,12,19H,8-11H2,1-2H3,(H,21,25,26)/p+1/t12-/m1/s1. The van der Waals surface area contributed by atoms with Crippen LogP contribution in [0.1, 0.15) is 18.5 Å². The molecule has 3 aromatic rings. The summed E-state index contributed by atoms with van der Waals surface area (Å²) < 4.78 is 3.37. The molecule has 4 rings (SSSR count). The van der Waals surface area contributed by atoms with E-state index in [1.165, 1.54) is 4.57 Å². The molecule has 1 saturated heterocycles. The number of aryl methyl sites for hydroxylation is 1. The first-order valence-corrected chi connectivity index (χ1v) is 8.90. The van der Waals surface area contributed by atoms with Crippen LogP contribution in [0.5, 0.6) is 0 Å². The van der Waals surface area contributed by atoms with Gasteiger partial charge in [0.15, 0.2) is 11.2 Å². The number of benzene rings is 1. The number of H-pyrrole nitrogens is 1. The lowest BCUT2D eigenvalue weighted by Crippen LogP contribution is -2.89. The number of quaternary nitrogens is 1. The van der Waals surface area contributed by atoms with E-state index in [1.54, 1.807) is 7.05 Å². The number of rotatable bonds is 3. The highest BCUT2D eigenvalue weighted by molar-refractivity contribution is 5.75. The highest BCUT2D eigenvalue weighted by atomic mass is 16.2. The van der Waals surface area contributed by atoms with Gasteiger partial charge in [-0.25, -0.2) is 4.79 Å². The summed E-state index contributed by atoms with van der Waals surface area (Å²) in [6, 6.07) is 9.95. The molecule has 3 N–H and O–H groups in total. The van der Waals surface area contributed by atoms with Gasteiger partial charge in [0.2, 0.25) is 5.95 Å². The van der Waals surface area contributed by atoms with Crippen LogP contribution in [0.2, 0.25) is 0 Å². The first-order chi connectivity index (χ1) is 12.6. The number of anilines is 1. The van der Waals surface area contributed by atoms with Gasteiger partial charge in [-0.3, -0.25) is 18.9 Å². The number of nitrogens with zero attached hydrogens (tertiary/aromatic N) is 4. The monoisotopic (exact) mass is 355 g/mol. The van der Waals surface area contributed by atoms with Crippen molar-refractivity contribution in [2.24, 2.45) is 7.05 Å². The van der Waals surface area contributed by atoms with Gasteiger partial charge in [-0.1, -0.05) is 30.3 Å². The van der Waals surface area contributed by atoms with E-state index in [9.17, 15) is 9.59 Å². The van der Waals surface area contributed by atoms with E-state index in [4.69, 9.17) is 4.98 Å². The zero-order valence-electron chi connectivity index (χ0n) is 15.0. The number of nitrogens with one attached hydrogen (secondary N) is 1. The Balaban J connectivity index is 2.00. The van der Waals surface area contributed by atoms with Crippen molar-refractivity contribution >= 4 is 17.1 Å². The fourth-order valence-electron chi connectivity index (χ4n) is 3.61. The normalized spacial score (nSPS) is 16.2. The number of aromatic amines is 1. The van der Waals surface area contributed by atoms with Crippen LogP contribution in [0.15, 0.2) is 39.9 Å². The van der Waals surface area contributed by atoms with E-state index in [0.29, 0.717) is 11.2 Å². The molecule has 0 spiro atoms. The molecular formula is C18H23N6O2+. The van der Waals surface area contributed by atoms with Crippen LogP contribution in [0.4, 0.5) is 5.95 Å². The fraction of sp³-hybridized carbons (Fsp3) is 0.389. The average molecular weight is 355 g/mol. The number of aromatic nitrogens is 4. The quantitative estimate of drug-likeness (QED) is 0.657. The molecule has 1 atom stereocenters. The lowest BCUT2D eigenvalue weighted by Gasteiger charge is -2.28. The van der Waals surface area contributed by atoms with E-state index in [1.807, 2.05) is 34.9 Å². The predicted octanol–water partition coefficient (Wildman–Crippen LogP) is -0.584. The summed E-state index contributed by atoms with van der Waals surface area (Å²) in [5, 5.41) is 2.27. The first kappa shape index (κ1) is 16.6. The number of imidazole rings is 1. The van der Waals surface area contributed by atoms with Crippen LogP contribution in [-0.2, 0) is 7.05 Å². The molecule has 8 heteroatoms. The van der Waals surface area contributed by atoms with Crippen molar-refractivity contribution in [1.82, 2.24) is 19.1 Å². The summed E-state index contributed by atoms with van der Waals surface area (Å²) in [4.78, 5) is 34.0. The van der Waals surface area contributed by atoms with Gasteiger partial charge in [-0.15, -0.1) is 0 Å². The Bertz CT molecular complexity index is 1040. The van der Waals surface area contributed by atoms with Crippen molar-refractivity contribution in [3.63, 3.8) is 0 Å². The number of fused-ring (bicyclic) bond motifs is 1. The van der Waals surface area contributed by atoms with Crippen molar-refractivity contribution in [3.8, 4) is 0 Å². The molecule has 136 valence electrons. The number of nitrogens with two attached hydrogens (primary N) is 1. The molecule has 8 nitrogen and oxygen atoms in total. The van der Waals surface area contributed by atoms with Gasteiger partial charge in [0, 0.05) is 7.05 Å². The van der Waals surface area contributed by atoms with Gasteiger partial charge in [0.05, 0.1) is 32.2 Å². The van der Waals surface area contributed by atoms with Crippen molar-refractivity contribution in [2.75, 3.05) is 31.1 Å². The Morgan fingerprint density at radius 1 is 1.15 bits per heavy atom. The van der Waals surface area contributed by atoms with Gasteiger partial charge >= 0.3 is 5.69 Å². The maximum absolute atomic E-state index is 12.7. The third kappa shape index (κ3) is 2.62. The van der Waals surface area contributed by atoms with Crippen LogP contribution in [0.3, 0.4) is 0 Å². The fourth-order valence-corrected chi connectivity index (χ4v) is 3.61. The number of hydrogen-bond acceptors (Lipinski definition) is 4. The number of hydrogen-bond donors (Lipinski definition) is 2. The summed E-state index contributed by atoms with van der Waals surface area (Å²) >= 11 is 0. The summed E-state index contributed by atoms with van der Waals surface area (Å²) in [6.07, 6.45) is 0. The Hall–Kier alpha value is -2.87. The second kappa shape index (κ2) is 6.45. The third-order valence-corrected chi connectivity index (χ3v) is 5.09. The molecule has 1 aromatic carbocycles. The SMILES string of the molecule is C[C@H](c1ccccc1)n1c(N2CC[NH2+]CC2)nc2c1c(=O)[nH]c(=O)n2C. The van der Waals surface area contributed by atoms with E-state index < -0.39 is 11.2 Å². The van der Waals surface area contributed by atoms with Gasteiger partial charge < -0.3 is 10.2 Å². The van der Waals surface area contributed by atoms with Gasteiger partial charge in [0.1, 0.15) is 0 Å². The largest absolute Gasteiger partial charge is 0.343 e.